The highest BCUT2D eigenvalue weighted by Crippen LogP contribution is 2.30. The second-order valence-corrected chi connectivity index (χ2v) is 7.81. The summed E-state index contributed by atoms with van der Waals surface area (Å²) in [6.07, 6.45) is 2.22. The maximum absolute atomic E-state index is 12.8. The molecule has 2 N–H and O–H groups in total. The summed E-state index contributed by atoms with van der Waals surface area (Å²) in [5, 5.41) is 18.0. The molecule has 1 saturated heterocycles. The number of hydrogen-bond acceptors (Lipinski definition) is 6. The number of ether oxygens (including phenoxy) is 1. The van der Waals surface area contributed by atoms with Gasteiger partial charge in [-0.15, -0.1) is 0 Å². The van der Waals surface area contributed by atoms with Crippen LogP contribution in [-0.4, -0.2) is 55.6 Å². The van der Waals surface area contributed by atoms with Gasteiger partial charge in [-0.3, -0.25) is 19.8 Å². The molecule has 0 radical (unpaired) electrons. The zero-order valence-electron chi connectivity index (χ0n) is 17.5. The van der Waals surface area contributed by atoms with E-state index in [4.69, 9.17) is 16.3 Å². The number of hydrogen-bond donors (Lipinski definition) is 2. The Bertz CT molecular complexity index is 918. The zero-order valence-corrected chi connectivity index (χ0v) is 18.2. The molecule has 2 aromatic rings. The fraction of sp³-hybridized carbons (Fsp3) is 0.409. The number of nitrogens with zero attached hydrogens (tertiary/aromatic N) is 2. The molecule has 2 aromatic carbocycles. The first kappa shape index (κ1) is 23.0. The summed E-state index contributed by atoms with van der Waals surface area (Å²) in [7, 11) is 1.56. The Morgan fingerprint density at radius 2 is 2.00 bits per heavy atom. The first-order valence-corrected chi connectivity index (χ1v) is 10.7. The molecule has 0 saturated carbocycles. The lowest BCUT2D eigenvalue weighted by molar-refractivity contribution is -0.384. The average Bonchev–Trinajstić information content (AvgIpc) is 3.29. The lowest BCUT2D eigenvalue weighted by Crippen LogP contribution is -2.37. The van der Waals surface area contributed by atoms with Gasteiger partial charge in [0.2, 0.25) is 0 Å². The van der Waals surface area contributed by atoms with E-state index in [9.17, 15) is 14.9 Å². The minimum absolute atomic E-state index is 0.0508. The van der Waals surface area contributed by atoms with E-state index in [2.05, 4.69) is 15.5 Å². The molecule has 1 amide bonds. The van der Waals surface area contributed by atoms with Crippen molar-refractivity contribution in [2.45, 2.75) is 18.9 Å². The van der Waals surface area contributed by atoms with Crippen LogP contribution >= 0.6 is 11.6 Å². The van der Waals surface area contributed by atoms with Crippen LogP contribution in [0.15, 0.2) is 42.5 Å². The summed E-state index contributed by atoms with van der Waals surface area (Å²) in [5.41, 5.74) is 1.41. The first-order chi connectivity index (χ1) is 15.0. The van der Waals surface area contributed by atoms with Crippen molar-refractivity contribution in [3.8, 4) is 0 Å². The molecule has 8 nitrogen and oxygen atoms in total. The highest BCUT2D eigenvalue weighted by molar-refractivity contribution is 6.31. The predicted molar refractivity (Wildman–Crippen MR) is 121 cm³/mol. The van der Waals surface area contributed by atoms with Crippen molar-refractivity contribution in [1.82, 2.24) is 10.2 Å². The Hall–Kier alpha value is -2.68. The van der Waals surface area contributed by atoms with Crippen LogP contribution in [0.2, 0.25) is 5.02 Å². The van der Waals surface area contributed by atoms with E-state index in [1.54, 1.807) is 19.2 Å². The van der Waals surface area contributed by atoms with E-state index in [1.807, 2.05) is 24.3 Å². The monoisotopic (exact) mass is 446 g/mol. The number of nitro groups is 1. The Labute approximate surface area is 186 Å². The number of amides is 1. The van der Waals surface area contributed by atoms with Crippen LogP contribution < -0.4 is 10.6 Å². The van der Waals surface area contributed by atoms with Crippen LogP contribution in [0.25, 0.3) is 0 Å². The van der Waals surface area contributed by atoms with Gasteiger partial charge >= 0.3 is 0 Å². The number of anilines is 1. The van der Waals surface area contributed by atoms with Crippen LogP contribution in [0.4, 0.5) is 11.4 Å². The standard InChI is InChI=1S/C22H27ClN4O4/c1-31-13-10-24-19-9-8-16(14-20(19)27(29)30)22(28)25-15-21(26-11-4-5-12-26)17-6-2-3-7-18(17)23/h2-3,6-9,14,21,24H,4-5,10-13,15H2,1H3,(H,25,28). The highest BCUT2D eigenvalue weighted by Gasteiger charge is 2.26. The number of methoxy groups -OCH3 is 1. The highest BCUT2D eigenvalue weighted by atomic mass is 35.5. The third-order valence-corrected chi connectivity index (χ3v) is 5.72. The molecule has 1 fully saturated rings. The molecule has 3 rings (SSSR count). The van der Waals surface area contributed by atoms with Gasteiger partial charge < -0.3 is 15.4 Å². The van der Waals surface area contributed by atoms with Crippen LogP contribution in [0, 0.1) is 10.1 Å². The van der Waals surface area contributed by atoms with Crippen molar-refractivity contribution in [3.63, 3.8) is 0 Å². The summed E-state index contributed by atoms with van der Waals surface area (Å²) in [6.45, 7) is 3.10. The van der Waals surface area contributed by atoms with Crippen molar-refractivity contribution in [1.29, 1.82) is 0 Å². The van der Waals surface area contributed by atoms with Gasteiger partial charge in [-0.2, -0.15) is 0 Å². The van der Waals surface area contributed by atoms with Crippen molar-refractivity contribution in [3.05, 3.63) is 68.7 Å². The number of nitro benzene ring substituents is 1. The molecular weight excluding hydrogens is 420 g/mol. The largest absolute Gasteiger partial charge is 0.383 e. The van der Waals surface area contributed by atoms with Crippen LogP contribution in [0.5, 0.6) is 0 Å². The molecule has 1 aliphatic rings. The van der Waals surface area contributed by atoms with E-state index >= 15 is 0 Å². The second-order valence-electron chi connectivity index (χ2n) is 7.40. The maximum Gasteiger partial charge on any atom is 0.293 e. The molecule has 31 heavy (non-hydrogen) atoms. The number of rotatable bonds is 10. The van der Waals surface area contributed by atoms with Gasteiger partial charge in [0.1, 0.15) is 5.69 Å². The normalized spacial score (nSPS) is 14.9. The molecule has 0 aromatic heterocycles. The molecular formula is C22H27ClN4O4. The smallest absolute Gasteiger partial charge is 0.293 e. The summed E-state index contributed by atoms with van der Waals surface area (Å²) >= 11 is 6.42. The number of halogens is 1. The molecule has 1 aliphatic heterocycles. The third-order valence-electron chi connectivity index (χ3n) is 5.38. The van der Waals surface area contributed by atoms with Gasteiger partial charge in [-0.1, -0.05) is 29.8 Å². The minimum Gasteiger partial charge on any atom is -0.383 e. The summed E-state index contributed by atoms with van der Waals surface area (Å²) in [4.78, 5) is 26.1. The van der Waals surface area contributed by atoms with Gasteiger partial charge in [-0.05, 0) is 49.7 Å². The second kappa shape index (κ2) is 11.1. The van der Waals surface area contributed by atoms with Gasteiger partial charge in [0.05, 0.1) is 17.6 Å². The summed E-state index contributed by atoms with van der Waals surface area (Å²) in [5.74, 6) is -0.359. The Kier molecular flexibility index (Phi) is 8.22. The predicted octanol–water partition coefficient (Wildman–Crippen LogP) is 3.87. The number of carbonyl (C=O) groups excluding carboxylic acids is 1. The van der Waals surface area contributed by atoms with E-state index in [1.165, 1.54) is 6.07 Å². The molecule has 166 valence electrons. The van der Waals surface area contributed by atoms with Crippen molar-refractivity contribution < 1.29 is 14.5 Å². The van der Waals surface area contributed by atoms with Gasteiger partial charge in [-0.25, -0.2) is 0 Å². The summed E-state index contributed by atoms with van der Waals surface area (Å²) in [6, 6.07) is 12.0. The van der Waals surface area contributed by atoms with Gasteiger partial charge in [0, 0.05) is 36.9 Å². The SMILES string of the molecule is COCCNc1ccc(C(=O)NCC(c2ccccc2Cl)N2CCCC2)cc1[N+](=O)[O-]. The molecule has 1 unspecified atom stereocenters. The Balaban J connectivity index is 1.74. The third kappa shape index (κ3) is 5.94. The molecule has 0 bridgehead atoms. The average molecular weight is 447 g/mol. The first-order valence-electron chi connectivity index (χ1n) is 10.3. The Morgan fingerprint density at radius 3 is 2.68 bits per heavy atom. The molecule has 1 atom stereocenters. The number of nitrogens with one attached hydrogen (secondary N) is 2. The quantitative estimate of drug-likeness (QED) is 0.326. The van der Waals surface area contributed by atoms with E-state index in [0.29, 0.717) is 30.4 Å². The molecule has 0 spiro atoms. The fourth-order valence-corrected chi connectivity index (χ4v) is 4.05. The van der Waals surface area contributed by atoms with Crippen LogP contribution in [-0.2, 0) is 4.74 Å². The fourth-order valence-electron chi connectivity index (χ4n) is 3.79. The number of carbonyl (C=O) groups is 1. The number of benzene rings is 2. The molecule has 9 heteroatoms. The zero-order chi connectivity index (χ0) is 22.2. The Morgan fingerprint density at radius 1 is 1.26 bits per heavy atom. The van der Waals surface area contributed by atoms with Crippen molar-refractivity contribution in [2.75, 3.05) is 45.2 Å². The van der Waals surface area contributed by atoms with E-state index in [0.717, 1.165) is 31.5 Å². The van der Waals surface area contributed by atoms with Gasteiger partial charge in [0.25, 0.3) is 11.6 Å². The van der Waals surface area contributed by atoms with E-state index < -0.39 is 4.92 Å². The lowest BCUT2D eigenvalue weighted by Gasteiger charge is -2.29. The van der Waals surface area contributed by atoms with Crippen molar-refractivity contribution in [2.24, 2.45) is 0 Å². The van der Waals surface area contributed by atoms with Crippen molar-refractivity contribution >= 4 is 28.9 Å². The van der Waals surface area contributed by atoms with Crippen LogP contribution in [0.1, 0.15) is 34.8 Å². The lowest BCUT2D eigenvalue weighted by atomic mass is 10.0. The van der Waals surface area contributed by atoms with Crippen LogP contribution in [0.3, 0.4) is 0 Å². The minimum atomic E-state index is -0.497. The maximum atomic E-state index is 12.8. The van der Waals surface area contributed by atoms with Gasteiger partial charge in [0.15, 0.2) is 0 Å². The molecule has 0 aliphatic carbocycles. The molecule has 1 heterocycles. The number of likely N-dealkylation sites (tertiary alicyclic amines) is 1. The van der Waals surface area contributed by atoms with E-state index in [-0.39, 0.29) is 23.2 Å². The topological polar surface area (TPSA) is 96.7 Å². The summed E-state index contributed by atoms with van der Waals surface area (Å²) < 4.78 is 4.96.